The number of allylic oxidation sites excluding steroid dienone is 1. The normalized spacial score (nSPS) is 14.6. The van der Waals surface area contributed by atoms with Crippen molar-refractivity contribution < 1.29 is 4.79 Å². The summed E-state index contributed by atoms with van der Waals surface area (Å²) in [6, 6.07) is 8.43. The summed E-state index contributed by atoms with van der Waals surface area (Å²) in [5.74, 6) is 0.386. The van der Waals surface area contributed by atoms with Crippen LogP contribution in [0.3, 0.4) is 0 Å². The lowest BCUT2D eigenvalue weighted by Crippen LogP contribution is -2.41. The number of alkyl halides is 1. The third-order valence-electron chi connectivity index (χ3n) is 4.16. The Morgan fingerprint density at radius 3 is 2.57 bits per heavy atom. The number of likely N-dealkylation sites (N-methyl/N-ethyl adjacent to an activating group) is 1. The van der Waals surface area contributed by atoms with Crippen LogP contribution in [0.15, 0.2) is 48.2 Å². The van der Waals surface area contributed by atoms with Crippen LogP contribution in [0.25, 0.3) is 0 Å². The molecular formula is C18H25ClN2O2. The lowest BCUT2D eigenvalue weighted by Gasteiger charge is -2.31. The molecule has 0 heterocycles. The molecule has 1 aromatic carbocycles. The summed E-state index contributed by atoms with van der Waals surface area (Å²) < 4.78 is 0. The highest BCUT2D eigenvalue weighted by atomic mass is 35.5. The van der Waals surface area contributed by atoms with Crippen molar-refractivity contribution in [1.29, 1.82) is 0 Å². The minimum absolute atomic E-state index is 0.00657. The Labute approximate surface area is 143 Å². The summed E-state index contributed by atoms with van der Waals surface area (Å²) in [4.78, 5) is 25.7. The second-order valence-corrected chi connectivity index (χ2v) is 6.08. The van der Waals surface area contributed by atoms with Crippen molar-refractivity contribution in [1.82, 2.24) is 4.90 Å². The summed E-state index contributed by atoms with van der Waals surface area (Å²) in [7, 11) is 1.73. The van der Waals surface area contributed by atoms with Gasteiger partial charge in [0.05, 0.1) is 6.04 Å². The number of nitroso groups, excluding NO2 is 1. The summed E-state index contributed by atoms with van der Waals surface area (Å²) in [5, 5.41) is 3.24. The standard InChI is InChI=1S/C18H25ClN2O2/c1-4-9-16(12-8-13-19)18(22)21(3)14(2)17(20-23)15-10-6-5-7-11-15/h4-7,10-11,14,16-17H,1,8-9,12-13H2,2-3H3/t14-,16-,17+/m1/s1. The average Bonchev–Trinajstić information content (AvgIpc) is 2.58. The Hall–Kier alpha value is -1.68. The number of carbonyl (C=O) groups excluding carboxylic acids is 1. The van der Waals surface area contributed by atoms with Gasteiger partial charge < -0.3 is 4.90 Å². The van der Waals surface area contributed by atoms with Crippen LogP contribution in [-0.4, -0.2) is 29.8 Å². The number of carbonyl (C=O) groups is 1. The quantitative estimate of drug-likeness (QED) is 0.357. The first kappa shape index (κ1) is 19.4. The molecule has 1 amide bonds. The van der Waals surface area contributed by atoms with E-state index in [0.717, 1.165) is 18.4 Å². The predicted molar refractivity (Wildman–Crippen MR) is 95.5 cm³/mol. The van der Waals surface area contributed by atoms with Gasteiger partial charge in [0, 0.05) is 18.8 Å². The molecule has 0 spiro atoms. The van der Waals surface area contributed by atoms with Gasteiger partial charge >= 0.3 is 0 Å². The van der Waals surface area contributed by atoms with E-state index in [1.54, 1.807) is 18.0 Å². The molecule has 0 aliphatic carbocycles. The maximum Gasteiger partial charge on any atom is 0.226 e. The van der Waals surface area contributed by atoms with Gasteiger partial charge in [-0.2, -0.15) is 4.91 Å². The van der Waals surface area contributed by atoms with Crippen molar-refractivity contribution in [3.05, 3.63) is 53.5 Å². The van der Waals surface area contributed by atoms with E-state index >= 15 is 0 Å². The molecule has 3 atom stereocenters. The van der Waals surface area contributed by atoms with Gasteiger partial charge in [-0.15, -0.1) is 18.2 Å². The second kappa shape index (κ2) is 10.2. The number of rotatable bonds is 10. The van der Waals surface area contributed by atoms with Gasteiger partial charge in [0.25, 0.3) is 0 Å². The molecule has 0 aromatic heterocycles. The van der Waals surface area contributed by atoms with E-state index in [1.165, 1.54) is 0 Å². The highest BCUT2D eigenvalue weighted by Crippen LogP contribution is 2.26. The molecule has 1 aromatic rings. The fourth-order valence-electron chi connectivity index (χ4n) is 2.65. The van der Waals surface area contributed by atoms with Gasteiger partial charge in [-0.25, -0.2) is 0 Å². The molecular weight excluding hydrogens is 312 g/mol. The van der Waals surface area contributed by atoms with E-state index in [9.17, 15) is 9.70 Å². The fraction of sp³-hybridized carbons (Fsp3) is 0.500. The van der Waals surface area contributed by atoms with Crippen LogP contribution in [0.2, 0.25) is 0 Å². The minimum atomic E-state index is -0.581. The highest BCUT2D eigenvalue weighted by Gasteiger charge is 2.30. The zero-order valence-electron chi connectivity index (χ0n) is 13.8. The maximum atomic E-state index is 12.7. The van der Waals surface area contributed by atoms with Crippen molar-refractivity contribution in [2.45, 2.75) is 38.3 Å². The first-order chi connectivity index (χ1) is 11.1. The second-order valence-electron chi connectivity index (χ2n) is 5.70. The third-order valence-corrected chi connectivity index (χ3v) is 4.42. The van der Waals surface area contributed by atoms with Crippen molar-refractivity contribution in [3.63, 3.8) is 0 Å². The van der Waals surface area contributed by atoms with Gasteiger partial charge in [0.1, 0.15) is 6.04 Å². The van der Waals surface area contributed by atoms with Crippen LogP contribution in [0.4, 0.5) is 0 Å². The van der Waals surface area contributed by atoms with Crippen molar-refractivity contribution in [2.75, 3.05) is 12.9 Å². The molecule has 126 valence electrons. The van der Waals surface area contributed by atoms with Gasteiger partial charge in [-0.05, 0) is 31.7 Å². The van der Waals surface area contributed by atoms with Gasteiger partial charge in [-0.1, -0.05) is 41.6 Å². The van der Waals surface area contributed by atoms with Gasteiger partial charge in [0.15, 0.2) is 0 Å². The van der Waals surface area contributed by atoms with Crippen molar-refractivity contribution >= 4 is 17.5 Å². The molecule has 0 N–H and O–H groups in total. The van der Waals surface area contributed by atoms with E-state index < -0.39 is 6.04 Å². The van der Waals surface area contributed by atoms with Crippen LogP contribution in [0.1, 0.15) is 37.8 Å². The molecule has 0 bridgehead atoms. The zero-order chi connectivity index (χ0) is 17.2. The monoisotopic (exact) mass is 336 g/mol. The maximum absolute atomic E-state index is 12.7. The Morgan fingerprint density at radius 1 is 1.39 bits per heavy atom. The van der Waals surface area contributed by atoms with Crippen LogP contribution in [0.5, 0.6) is 0 Å². The number of benzene rings is 1. The smallest absolute Gasteiger partial charge is 0.226 e. The molecule has 0 aliphatic heterocycles. The molecule has 4 nitrogen and oxygen atoms in total. The highest BCUT2D eigenvalue weighted by molar-refractivity contribution is 6.17. The Balaban J connectivity index is 2.86. The van der Waals surface area contributed by atoms with Crippen LogP contribution < -0.4 is 0 Å². The van der Waals surface area contributed by atoms with Gasteiger partial charge in [-0.3, -0.25) is 4.79 Å². The first-order valence-corrected chi connectivity index (χ1v) is 8.41. The van der Waals surface area contributed by atoms with Crippen molar-refractivity contribution in [2.24, 2.45) is 11.1 Å². The minimum Gasteiger partial charge on any atom is -0.340 e. The lowest BCUT2D eigenvalue weighted by molar-refractivity contribution is -0.136. The Bertz CT molecular complexity index is 507. The Morgan fingerprint density at radius 2 is 2.04 bits per heavy atom. The molecule has 23 heavy (non-hydrogen) atoms. The molecule has 5 heteroatoms. The van der Waals surface area contributed by atoms with Gasteiger partial charge in [0.2, 0.25) is 5.91 Å². The topological polar surface area (TPSA) is 49.7 Å². The van der Waals surface area contributed by atoms with E-state index in [2.05, 4.69) is 11.8 Å². The molecule has 0 radical (unpaired) electrons. The molecule has 0 saturated carbocycles. The van der Waals surface area contributed by atoms with E-state index in [1.807, 2.05) is 37.3 Å². The number of hydrogen-bond donors (Lipinski definition) is 0. The van der Waals surface area contributed by atoms with Crippen LogP contribution in [-0.2, 0) is 4.79 Å². The van der Waals surface area contributed by atoms with Crippen LogP contribution >= 0.6 is 11.6 Å². The number of nitrogens with zero attached hydrogens (tertiary/aromatic N) is 2. The molecule has 0 unspecified atom stereocenters. The third kappa shape index (κ3) is 5.47. The van der Waals surface area contributed by atoms with Crippen LogP contribution in [0, 0.1) is 10.8 Å². The summed E-state index contributed by atoms with van der Waals surface area (Å²) in [6.07, 6.45) is 3.86. The first-order valence-electron chi connectivity index (χ1n) is 7.87. The predicted octanol–water partition coefficient (Wildman–Crippen LogP) is 4.55. The van der Waals surface area contributed by atoms with E-state index in [-0.39, 0.29) is 17.9 Å². The SMILES string of the molecule is C=CC[C@H](CCCCl)C(=O)N(C)[C@H](C)[C@H](N=O)c1ccccc1. The molecule has 0 aliphatic rings. The molecule has 0 fully saturated rings. The molecule has 1 rings (SSSR count). The van der Waals surface area contributed by atoms with E-state index in [4.69, 9.17) is 11.6 Å². The summed E-state index contributed by atoms with van der Waals surface area (Å²) >= 11 is 5.74. The lowest BCUT2D eigenvalue weighted by atomic mass is 9.95. The summed E-state index contributed by atoms with van der Waals surface area (Å²) in [6.45, 7) is 5.57. The van der Waals surface area contributed by atoms with Crippen molar-refractivity contribution in [3.8, 4) is 0 Å². The average molecular weight is 337 g/mol. The van der Waals surface area contributed by atoms with E-state index in [0.29, 0.717) is 12.3 Å². The number of halogens is 1. The number of hydrogen-bond acceptors (Lipinski definition) is 3. The Kier molecular flexibility index (Phi) is 8.56. The largest absolute Gasteiger partial charge is 0.340 e. The number of amides is 1. The zero-order valence-corrected chi connectivity index (χ0v) is 14.6. The molecule has 0 saturated heterocycles. The fourth-order valence-corrected chi connectivity index (χ4v) is 2.80. The summed E-state index contributed by atoms with van der Waals surface area (Å²) in [5.41, 5.74) is 0.815.